The Labute approximate surface area is 108 Å². The lowest BCUT2D eigenvalue weighted by Crippen LogP contribution is -2.41. The van der Waals surface area contributed by atoms with Crippen molar-refractivity contribution in [2.24, 2.45) is 5.92 Å². The Bertz CT molecular complexity index is 444. The van der Waals surface area contributed by atoms with Gasteiger partial charge in [0.15, 0.2) is 0 Å². The first-order valence-electron chi connectivity index (χ1n) is 6.65. The SMILES string of the molecule is Cc1ccc(F)cc1C(=O)NC1CCCCC1C. The first-order chi connectivity index (χ1) is 8.58. The minimum atomic E-state index is -0.359. The molecule has 0 aromatic heterocycles. The average molecular weight is 249 g/mol. The zero-order valence-electron chi connectivity index (χ0n) is 11.0. The Hall–Kier alpha value is -1.38. The molecule has 98 valence electrons. The molecule has 2 atom stereocenters. The number of halogens is 1. The van der Waals surface area contributed by atoms with E-state index >= 15 is 0 Å². The summed E-state index contributed by atoms with van der Waals surface area (Å²) in [5.41, 5.74) is 1.27. The van der Waals surface area contributed by atoms with Gasteiger partial charge in [0.1, 0.15) is 5.82 Å². The maximum absolute atomic E-state index is 13.2. The molecule has 3 heteroatoms. The second-order valence-corrected chi connectivity index (χ2v) is 5.30. The zero-order valence-corrected chi connectivity index (χ0v) is 11.0. The van der Waals surface area contributed by atoms with E-state index in [1.165, 1.54) is 18.6 Å². The third-order valence-corrected chi connectivity index (χ3v) is 3.87. The molecule has 1 aromatic carbocycles. The molecule has 0 radical (unpaired) electrons. The Morgan fingerprint density at radius 1 is 1.33 bits per heavy atom. The molecule has 1 saturated carbocycles. The lowest BCUT2D eigenvalue weighted by Gasteiger charge is -2.29. The third-order valence-electron chi connectivity index (χ3n) is 3.87. The highest BCUT2D eigenvalue weighted by Crippen LogP contribution is 2.24. The molecule has 2 rings (SSSR count). The van der Waals surface area contributed by atoms with E-state index < -0.39 is 0 Å². The molecule has 1 amide bonds. The van der Waals surface area contributed by atoms with E-state index in [1.54, 1.807) is 6.07 Å². The predicted molar refractivity (Wildman–Crippen MR) is 70.0 cm³/mol. The minimum absolute atomic E-state index is 0.147. The molecule has 0 bridgehead atoms. The fourth-order valence-corrected chi connectivity index (χ4v) is 2.62. The topological polar surface area (TPSA) is 29.1 Å². The van der Waals surface area contributed by atoms with Crippen LogP contribution in [-0.4, -0.2) is 11.9 Å². The van der Waals surface area contributed by atoms with E-state index in [-0.39, 0.29) is 17.8 Å². The summed E-state index contributed by atoms with van der Waals surface area (Å²) >= 11 is 0. The normalized spacial score (nSPS) is 23.7. The molecule has 1 aliphatic carbocycles. The fraction of sp³-hybridized carbons (Fsp3) is 0.533. The van der Waals surface area contributed by atoms with Crippen molar-refractivity contribution in [3.63, 3.8) is 0 Å². The Morgan fingerprint density at radius 2 is 2.06 bits per heavy atom. The Balaban J connectivity index is 2.09. The van der Waals surface area contributed by atoms with Crippen molar-refractivity contribution in [2.75, 3.05) is 0 Å². The Kier molecular flexibility index (Phi) is 4.00. The lowest BCUT2D eigenvalue weighted by atomic mass is 9.86. The van der Waals surface area contributed by atoms with Gasteiger partial charge in [0, 0.05) is 11.6 Å². The van der Waals surface area contributed by atoms with Crippen LogP contribution in [0, 0.1) is 18.7 Å². The largest absolute Gasteiger partial charge is 0.349 e. The molecule has 2 nitrogen and oxygen atoms in total. The highest BCUT2D eigenvalue weighted by atomic mass is 19.1. The third kappa shape index (κ3) is 2.89. The van der Waals surface area contributed by atoms with Crippen molar-refractivity contribution in [3.05, 3.63) is 35.1 Å². The standard InChI is InChI=1S/C15H20FNO/c1-10-7-8-12(16)9-13(10)15(18)17-14-6-4-3-5-11(14)2/h7-9,11,14H,3-6H2,1-2H3,(H,17,18). The summed E-state index contributed by atoms with van der Waals surface area (Å²) in [5.74, 6) is 0.00441. The van der Waals surface area contributed by atoms with E-state index in [2.05, 4.69) is 12.2 Å². The van der Waals surface area contributed by atoms with Crippen LogP contribution in [0.15, 0.2) is 18.2 Å². The summed E-state index contributed by atoms with van der Waals surface area (Å²) in [5, 5.41) is 3.05. The second kappa shape index (κ2) is 5.51. The van der Waals surface area contributed by atoms with Gasteiger partial charge < -0.3 is 5.32 Å². The smallest absolute Gasteiger partial charge is 0.251 e. The van der Waals surface area contributed by atoms with Crippen molar-refractivity contribution in [3.8, 4) is 0 Å². The molecule has 0 aliphatic heterocycles. The van der Waals surface area contributed by atoms with Crippen molar-refractivity contribution >= 4 is 5.91 Å². The predicted octanol–water partition coefficient (Wildman–Crippen LogP) is 3.44. The molecular weight excluding hydrogens is 229 g/mol. The van der Waals surface area contributed by atoms with Gasteiger partial charge in [-0.1, -0.05) is 25.8 Å². The number of rotatable bonds is 2. The van der Waals surface area contributed by atoms with Gasteiger partial charge >= 0.3 is 0 Å². The van der Waals surface area contributed by atoms with Crippen LogP contribution in [0.2, 0.25) is 0 Å². The van der Waals surface area contributed by atoms with Gasteiger partial charge in [-0.25, -0.2) is 4.39 Å². The van der Waals surface area contributed by atoms with Gasteiger partial charge in [0.05, 0.1) is 0 Å². The van der Waals surface area contributed by atoms with Crippen molar-refractivity contribution in [2.45, 2.75) is 45.6 Å². The van der Waals surface area contributed by atoms with E-state index in [4.69, 9.17) is 0 Å². The number of hydrogen-bond donors (Lipinski definition) is 1. The molecule has 18 heavy (non-hydrogen) atoms. The molecule has 1 aliphatic rings. The van der Waals surface area contributed by atoms with Gasteiger partial charge in [0.25, 0.3) is 5.91 Å². The maximum Gasteiger partial charge on any atom is 0.251 e. The van der Waals surface area contributed by atoms with E-state index in [0.717, 1.165) is 24.8 Å². The first kappa shape index (κ1) is 13.1. The number of carbonyl (C=O) groups excluding carboxylic acids is 1. The van der Waals surface area contributed by atoms with Gasteiger partial charge in [-0.3, -0.25) is 4.79 Å². The van der Waals surface area contributed by atoms with Crippen LogP contribution < -0.4 is 5.32 Å². The van der Waals surface area contributed by atoms with E-state index in [9.17, 15) is 9.18 Å². The lowest BCUT2D eigenvalue weighted by molar-refractivity contribution is 0.0909. The molecule has 1 aromatic rings. The van der Waals surface area contributed by atoms with Crippen LogP contribution in [0.5, 0.6) is 0 Å². The van der Waals surface area contributed by atoms with Crippen LogP contribution in [-0.2, 0) is 0 Å². The summed E-state index contributed by atoms with van der Waals surface area (Å²) < 4.78 is 13.2. The molecule has 0 spiro atoms. The zero-order chi connectivity index (χ0) is 13.1. The first-order valence-corrected chi connectivity index (χ1v) is 6.65. The summed E-state index contributed by atoms with van der Waals surface area (Å²) in [6, 6.07) is 4.58. The van der Waals surface area contributed by atoms with Gasteiger partial charge in [0.2, 0.25) is 0 Å². The summed E-state index contributed by atoms with van der Waals surface area (Å²) in [6.07, 6.45) is 4.60. The number of carbonyl (C=O) groups is 1. The van der Waals surface area contributed by atoms with Crippen LogP contribution in [0.25, 0.3) is 0 Å². The van der Waals surface area contributed by atoms with E-state index in [1.807, 2.05) is 6.92 Å². The second-order valence-electron chi connectivity index (χ2n) is 5.30. The summed E-state index contributed by atoms with van der Waals surface area (Å²) in [4.78, 5) is 12.2. The highest BCUT2D eigenvalue weighted by molar-refractivity contribution is 5.95. The van der Waals surface area contributed by atoms with Crippen molar-refractivity contribution in [1.29, 1.82) is 0 Å². The van der Waals surface area contributed by atoms with Crippen molar-refractivity contribution in [1.82, 2.24) is 5.32 Å². The molecule has 0 saturated heterocycles. The molecule has 2 unspecified atom stereocenters. The monoisotopic (exact) mass is 249 g/mol. The van der Waals surface area contributed by atoms with E-state index in [0.29, 0.717) is 11.5 Å². The van der Waals surface area contributed by atoms with Gasteiger partial charge in [-0.15, -0.1) is 0 Å². The summed E-state index contributed by atoms with van der Waals surface area (Å²) in [6.45, 7) is 4.00. The highest BCUT2D eigenvalue weighted by Gasteiger charge is 2.23. The van der Waals surface area contributed by atoms with Crippen LogP contribution >= 0.6 is 0 Å². The van der Waals surface area contributed by atoms with Crippen LogP contribution in [0.4, 0.5) is 4.39 Å². The van der Waals surface area contributed by atoms with Crippen molar-refractivity contribution < 1.29 is 9.18 Å². The fourth-order valence-electron chi connectivity index (χ4n) is 2.62. The maximum atomic E-state index is 13.2. The number of benzene rings is 1. The van der Waals surface area contributed by atoms with Gasteiger partial charge in [-0.2, -0.15) is 0 Å². The molecular formula is C15H20FNO. The number of amides is 1. The van der Waals surface area contributed by atoms with Crippen LogP contribution in [0.1, 0.15) is 48.5 Å². The average Bonchev–Trinajstić information content (AvgIpc) is 2.35. The minimum Gasteiger partial charge on any atom is -0.349 e. The molecule has 1 N–H and O–H groups in total. The quantitative estimate of drug-likeness (QED) is 0.854. The molecule has 0 heterocycles. The van der Waals surface area contributed by atoms with Crippen LogP contribution in [0.3, 0.4) is 0 Å². The summed E-state index contributed by atoms with van der Waals surface area (Å²) in [7, 11) is 0. The number of aryl methyl sites for hydroxylation is 1. The Morgan fingerprint density at radius 3 is 2.78 bits per heavy atom. The number of nitrogens with one attached hydrogen (secondary N) is 1. The number of hydrogen-bond acceptors (Lipinski definition) is 1. The van der Waals surface area contributed by atoms with Gasteiger partial charge in [-0.05, 0) is 43.4 Å². The molecule has 1 fully saturated rings.